The van der Waals surface area contributed by atoms with E-state index in [1.54, 1.807) is 13.1 Å². The Morgan fingerprint density at radius 2 is 2.35 bits per heavy atom. The summed E-state index contributed by atoms with van der Waals surface area (Å²) < 4.78 is 6.96. The smallest absolute Gasteiger partial charge is 0.223 e. The Morgan fingerprint density at radius 3 is 3.06 bits per heavy atom. The van der Waals surface area contributed by atoms with Crippen LogP contribution in [0.2, 0.25) is 0 Å². The first-order valence-electron chi connectivity index (χ1n) is 5.79. The normalized spacial score (nSPS) is 10.9. The molecule has 0 aliphatic heterocycles. The van der Waals surface area contributed by atoms with Gasteiger partial charge in [-0.1, -0.05) is 12.1 Å². The summed E-state index contributed by atoms with van der Waals surface area (Å²) in [5.41, 5.74) is 0. The van der Waals surface area contributed by atoms with Crippen molar-refractivity contribution in [3.63, 3.8) is 0 Å². The third kappa shape index (κ3) is 3.13. The molecule has 17 heavy (non-hydrogen) atoms. The fourth-order valence-electron chi connectivity index (χ4n) is 1.59. The van der Waals surface area contributed by atoms with Crippen molar-refractivity contribution in [3.8, 4) is 0 Å². The molecule has 0 aromatic carbocycles. The summed E-state index contributed by atoms with van der Waals surface area (Å²) in [5.74, 6) is 2.25. The summed E-state index contributed by atoms with van der Waals surface area (Å²) in [7, 11) is 0. The van der Waals surface area contributed by atoms with Gasteiger partial charge in [-0.3, -0.25) is 0 Å². The van der Waals surface area contributed by atoms with E-state index in [4.69, 9.17) is 4.52 Å². The van der Waals surface area contributed by atoms with E-state index in [2.05, 4.69) is 27.4 Å². The Morgan fingerprint density at radius 1 is 1.47 bits per heavy atom. The largest absolute Gasteiger partial charge is 0.340 e. The molecule has 0 radical (unpaired) electrons. The van der Waals surface area contributed by atoms with Crippen molar-refractivity contribution >= 4 is 0 Å². The first-order valence-corrected chi connectivity index (χ1v) is 5.79. The van der Waals surface area contributed by atoms with E-state index in [-0.39, 0.29) is 0 Å². The van der Waals surface area contributed by atoms with Gasteiger partial charge in [-0.25, -0.2) is 4.98 Å². The maximum Gasteiger partial charge on any atom is 0.223 e. The number of aromatic nitrogens is 4. The lowest BCUT2D eigenvalue weighted by Gasteiger charge is -2.05. The van der Waals surface area contributed by atoms with Crippen LogP contribution in [-0.2, 0) is 13.1 Å². The van der Waals surface area contributed by atoms with Gasteiger partial charge in [0, 0.05) is 19.3 Å². The summed E-state index contributed by atoms with van der Waals surface area (Å²) in [5, 5.41) is 7.19. The van der Waals surface area contributed by atoms with E-state index < -0.39 is 0 Å². The quantitative estimate of drug-likeness (QED) is 0.760. The summed E-state index contributed by atoms with van der Waals surface area (Å²) >= 11 is 0. The van der Waals surface area contributed by atoms with Crippen LogP contribution < -0.4 is 5.32 Å². The molecule has 0 amide bonds. The first-order chi connectivity index (χ1) is 8.29. The summed E-state index contributed by atoms with van der Waals surface area (Å²) in [4.78, 5) is 8.48. The lowest BCUT2D eigenvalue weighted by atomic mass is 10.4. The van der Waals surface area contributed by atoms with Crippen molar-refractivity contribution in [1.82, 2.24) is 25.0 Å². The van der Waals surface area contributed by atoms with Crippen LogP contribution in [0.15, 0.2) is 16.9 Å². The van der Waals surface area contributed by atoms with E-state index in [0.717, 1.165) is 25.3 Å². The van der Waals surface area contributed by atoms with E-state index in [9.17, 15) is 0 Å². The minimum Gasteiger partial charge on any atom is -0.340 e. The molecule has 0 bridgehead atoms. The van der Waals surface area contributed by atoms with Crippen LogP contribution in [0.5, 0.6) is 0 Å². The Labute approximate surface area is 100 Å². The number of aryl methyl sites for hydroxylation is 1. The van der Waals surface area contributed by atoms with Gasteiger partial charge in [0.05, 0.1) is 13.1 Å². The number of hydrogen-bond acceptors (Lipinski definition) is 5. The van der Waals surface area contributed by atoms with Gasteiger partial charge in [0.2, 0.25) is 5.89 Å². The molecule has 0 aliphatic carbocycles. The number of nitrogens with one attached hydrogen (secondary N) is 1. The Bertz CT molecular complexity index is 462. The highest BCUT2D eigenvalue weighted by atomic mass is 16.5. The van der Waals surface area contributed by atoms with Crippen molar-refractivity contribution in [3.05, 3.63) is 29.9 Å². The molecule has 0 atom stereocenters. The van der Waals surface area contributed by atoms with Crippen LogP contribution in [0.25, 0.3) is 0 Å². The van der Waals surface area contributed by atoms with Crippen molar-refractivity contribution < 1.29 is 4.52 Å². The van der Waals surface area contributed by atoms with Gasteiger partial charge in [0.1, 0.15) is 5.82 Å². The maximum atomic E-state index is 4.94. The predicted molar refractivity (Wildman–Crippen MR) is 62.4 cm³/mol. The van der Waals surface area contributed by atoms with Crippen LogP contribution in [0.4, 0.5) is 0 Å². The SMILES string of the molecule is CCCNCc1nccn1Cc1noc(C)n1. The van der Waals surface area contributed by atoms with E-state index in [1.807, 2.05) is 10.8 Å². The first kappa shape index (κ1) is 11.8. The molecule has 6 heteroatoms. The fourth-order valence-corrected chi connectivity index (χ4v) is 1.59. The van der Waals surface area contributed by atoms with E-state index in [1.165, 1.54) is 0 Å². The second-order valence-corrected chi connectivity index (χ2v) is 3.88. The highest BCUT2D eigenvalue weighted by Gasteiger charge is 2.07. The standard InChI is InChI=1S/C11H17N5O/c1-3-4-12-7-11-13-5-6-16(11)8-10-14-9(2)17-15-10/h5-6,12H,3-4,7-8H2,1-2H3. The third-order valence-corrected chi connectivity index (χ3v) is 2.39. The van der Waals surface area contributed by atoms with Crippen molar-refractivity contribution in [1.29, 1.82) is 0 Å². The molecule has 2 aromatic rings. The van der Waals surface area contributed by atoms with Gasteiger partial charge >= 0.3 is 0 Å². The molecule has 2 rings (SSSR count). The van der Waals surface area contributed by atoms with Crippen LogP contribution in [0, 0.1) is 6.92 Å². The molecule has 0 spiro atoms. The fraction of sp³-hybridized carbons (Fsp3) is 0.545. The minimum atomic E-state index is 0.589. The van der Waals surface area contributed by atoms with Crippen molar-refractivity contribution in [2.24, 2.45) is 0 Å². The topological polar surface area (TPSA) is 68.8 Å². The van der Waals surface area contributed by atoms with Gasteiger partial charge in [-0.2, -0.15) is 4.98 Å². The number of nitrogens with zero attached hydrogens (tertiary/aromatic N) is 4. The highest BCUT2D eigenvalue weighted by molar-refractivity contribution is 4.96. The highest BCUT2D eigenvalue weighted by Crippen LogP contribution is 2.03. The lowest BCUT2D eigenvalue weighted by Crippen LogP contribution is -2.18. The zero-order valence-corrected chi connectivity index (χ0v) is 10.2. The van der Waals surface area contributed by atoms with Gasteiger partial charge in [0.15, 0.2) is 5.82 Å². The zero-order valence-electron chi connectivity index (χ0n) is 10.2. The number of rotatable bonds is 6. The van der Waals surface area contributed by atoms with Gasteiger partial charge in [0.25, 0.3) is 0 Å². The molecule has 6 nitrogen and oxygen atoms in total. The third-order valence-electron chi connectivity index (χ3n) is 2.39. The summed E-state index contributed by atoms with van der Waals surface area (Å²) in [6, 6.07) is 0. The minimum absolute atomic E-state index is 0.589. The molecule has 1 N–H and O–H groups in total. The van der Waals surface area contributed by atoms with Crippen molar-refractivity contribution in [2.45, 2.75) is 33.4 Å². The molecule has 0 fully saturated rings. The lowest BCUT2D eigenvalue weighted by molar-refractivity contribution is 0.385. The average molecular weight is 235 g/mol. The van der Waals surface area contributed by atoms with Crippen LogP contribution in [0.3, 0.4) is 0 Å². The van der Waals surface area contributed by atoms with E-state index in [0.29, 0.717) is 18.3 Å². The molecule has 0 saturated heterocycles. The molecular formula is C11H17N5O. The Kier molecular flexibility index (Phi) is 3.87. The monoisotopic (exact) mass is 235 g/mol. The molecule has 0 saturated carbocycles. The number of hydrogen-bond donors (Lipinski definition) is 1. The summed E-state index contributed by atoms with van der Waals surface area (Å²) in [6.45, 7) is 6.28. The second kappa shape index (κ2) is 5.58. The molecule has 2 aromatic heterocycles. The second-order valence-electron chi connectivity index (χ2n) is 3.88. The Hall–Kier alpha value is -1.69. The molecular weight excluding hydrogens is 218 g/mol. The van der Waals surface area contributed by atoms with Crippen molar-refractivity contribution in [2.75, 3.05) is 6.54 Å². The molecule has 0 unspecified atom stereocenters. The number of imidazole rings is 1. The van der Waals surface area contributed by atoms with Gasteiger partial charge < -0.3 is 14.4 Å². The molecule has 0 aliphatic rings. The van der Waals surface area contributed by atoms with Crippen LogP contribution >= 0.6 is 0 Å². The summed E-state index contributed by atoms with van der Waals surface area (Å²) in [6.07, 6.45) is 4.83. The average Bonchev–Trinajstić information content (AvgIpc) is 2.90. The maximum absolute atomic E-state index is 4.94. The van der Waals surface area contributed by atoms with Gasteiger partial charge in [-0.05, 0) is 13.0 Å². The predicted octanol–water partition coefficient (Wildman–Crippen LogP) is 1.12. The molecule has 92 valence electrons. The Balaban J connectivity index is 1.98. The zero-order chi connectivity index (χ0) is 12.1. The van der Waals surface area contributed by atoms with E-state index >= 15 is 0 Å². The van der Waals surface area contributed by atoms with Gasteiger partial charge in [-0.15, -0.1) is 0 Å². The molecule has 2 heterocycles. The van der Waals surface area contributed by atoms with Crippen LogP contribution in [0.1, 0.15) is 30.9 Å². The van der Waals surface area contributed by atoms with Crippen LogP contribution in [-0.4, -0.2) is 26.2 Å².